The maximum atomic E-state index is 12.1. The van der Waals surface area contributed by atoms with Gasteiger partial charge in [-0.15, -0.1) is 0 Å². The van der Waals surface area contributed by atoms with Gasteiger partial charge in [0, 0.05) is 32.2 Å². The molecule has 2 aliphatic rings. The molecule has 0 saturated carbocycles. The van der Waals surface area contributed by atoms with Crippen LogP contribution in [0.1, 0.15) is 26.7 Å². The van der Waals surface area contributed by atoms with E-state index in [0.717, 1.165) is 25.9 Å². The molecule has 0 aromatic heterocycles. The zero-order valence-electron chi connectivity index (χ0n) is 11.8. The highest BCUT2D eigenvalue weighted by Crippen LogP contribution is 2.19. The third-order valence-electron chi connectivity index (χ3n) is 4.11. The lowest BCUT2D eigenvalue weighted by Gasteiger charge is -2.37. The monoisotopic (exact) mass is 268 g/mol. The number of carbonyl (C=O) groups is 2. The van der Waals surface area contributed by atoms with Crippen LogP contribution in [-0.4, -0.2) is 60.0 Å². The Hall–Kier alpha value is -1.30. The number of urea groups is 1. The molecule has 0 aromatic carbocycles. The molecule has 0 bridgehead atoms. The van der Waals surface area contributed by atoms with Gasteiger partial charge in [0.25, 0.3) is 0 Å². The van der Waals surface area contributed by atoms with Gasteiger partial charge in [-0.25, -0.2) is 4.79 Å². The lowest BCUT2D eigenvalue weighted by atomic mass is 9.99. The van der Waals surface area contributed by atoms with Crippen molar-refractivity contribution < 1.29 is 9.59 Å². The normalized spacial score (nSPS) is 22.8. The van der Waals surface area contributed by atoms with Crippen LogP contribution in [0.3, 0.4) is 0 Å². The van der Waals surface area contributed by atoms with Gasteiger partial charge >= 0.3 is 6.03 Å². The van der Waals surface area contributed by atoms with Crippen molar-refractivity contribution in [2.24, 2.45) is 11.7 Å². The molecular weight excluding hydrogens is 244 g/mol. The number of likely N-dealkylation sites (tertiary alicyclic amines) is 1. The highest BCUT2D eigenvalue weighted by Gasteiger charge is 2.33. The summed E-state index contributed by atoms with van der Waals surface area (Å²) in [5.74, 6) is 0.203. The number of carbonyl (C=O) groups excluding carboxylic acids is 2. The molecule has 6 heteroatoms. The zero-order valence-corrected chi connectivity index (χ0v) is 11.8. The van der Waals surface area contributed by atoms with Crippen LogP contribution >= 0.6 is 0 Å². The number of piperidine rings is 1. The van der Waals surface area contributed by atoms with Crippen LogP contribution in [0.25, 0.3) is 0 Å². The van der Waals surface area contributed by atoms with Gasteiger partial charge in [0.05, 0.1) is 6.04 Å². The molecule has 0 radical (unpaired) electrons. The molecule has 0 unspecified atom stereocenters. The Morgan fingerprint density at radius 2 is 1.95 bits per heavy atom. The molecule has 2 saturated heterocycles. The van der Waals surface area contributed by atoms with E-state index in [4.69, 9.17) is 5.73 Å². The Kier molecular flexibility index (Phi) is 4.29. The molecule has 2 aliphatic heterocycles. The van der Waals surface area contributed by atoms with Gasteiger partial charge in [-0.05, 0) is 18.8 Å². The van der Waals surface area contributed by atoms with Crippen molar-refractivity contribution in [1.29, 1.82) is 0 Å². The summed E-state index contributed by atoms with van der Waals surface area (Å²) >= 11 is 0. The van der Waals surface area contributed by atoms with Crippen LogP contribution < -0.4 is 11.1 Å². The van der Waals surface area contributed by atoms with Crippen molar-refractivity contribution in [3.05, 3.63) is 0 Å². The van der Waals surface area contributed by atoms with Gasteiger partial charge in [-0.1, -0.05) is 13.8 Å². The summed E-state index contributed by atoms with van der Waals surface area (Å²) in [7, 11) is 0. The highest BCUT2D eigenvalue weighted by molar-refractivity contribution is 5.82. The third-order valence-corrected chi connectivity index (χ3v) is 4.11. The van der Waals surface area contributed by atoms with Crippen molar-refractivity contribution in [2.75, 3.05) is 26.2 Å². The van der Waals surface area contributed by atoms with E-state index < -0.39 is 6.04 Å². The molecule has 6 nitrogen and oxygen atoms in total. The van der Waals surface area contributed by atoms with Crippen molar-refractivity contribution in [1.82, 2.24) is 15.1 Å². The average molecular weight is 268 g/mol. The van der Waals surface area contributed by atoms with Crippen LogP contribution in [-0.2, 0) is 4.79 Å². The number of rotatable bonds is 3. The molecule has 0 aromatic rings. The Morgan fingerprint density at radius 3 is 2.42 bits per heavy atom. The minimum absolute atomic E-state index is 0.0312. The van der Waals surface area contributed by atoms with Crippen LogP contribution in [0.2, 0.25) is 0 Å². The molecule has 1 atom stereocenters. The van der Waals surface area contributed by atoms with Crippen molar-refractivity contribution in [3.8, 4) is 0 Å². The number of nitrogens with two attached hydrogens (primary N) is 1. The molecule has 3 amide bonds. The number of amides is 3. The molecule has 2 rings (SSSR count). The van der Waals surface area contributed by atoms with Crippen molar-refractivity contribution in [2.45, 2.75) is 38.8 Å². The average Bonchev–Trinajstić information content (AvgIpc) is 2.83. The van der Waals surface area contributed by atoms with Gasteiger partial charge in [0.1, 0.15) is 0 Å². The largest absolute Gasteiger partial charge is 0.341 e. The first-order valence-electron chi connectivity index (χ1n) is 7.09. The highest BCUT2D eigenvalue weighted by atomic mass is 16.2. The summed E-state index contributed by atoms with van der Waals surface area (Å²) in [5.41, 5.74) is 5.90. The second kappa shape index (κ2) is 5.77. The first-order chi connectivity index (χ1) is 9.00. The molecule has 2 fully saturated rings. The minimum Gasteiger partial charge on any atom is -0.341 e. The quantitative estimate of drug-likeness (QED) is 0.755. The Bertz CT molecular complexity index is 351. The number of nitrogens with one attached hydrogen (secondary N) is 1. The molecule has 2 heterocycles. The third kappa shape index (κ3) is 3.00. The standard InChI is InChI=1S/C13H24N4O2/c1-9(2)11(14)12(18)16-6-3-10(4-7-16)17-8-5-15-13(17)19/h9-11H,3-8,14H2,1-2H3,(H,15,19)/t11-/m0/s1. The SMILES string of the molecule is CC(C)[C@H](N)C(=O)N1CCC(N2CCNC2=O)CC1. The molecule has 0 aliphatic carbocycles. The Labute approximate surface area is 114 Å². The van der Waals surface area contributed by atoms with Crippen molar-refractivity contribution in [3.63, 3.8) is 0 Å². The fourth-order valence-electron chi connectivity index (χ4n) is 2.73. The first-order valence-corrected chi connectivity index (χ1v) is 7.09. The van der Waals surface area contributed by atoms with Gasteiger partial charge in [0.15, 0.2) is 0 Å². The molecule has 3 N–H and O–H groups in total. The van der Waals surface area contributed by atoms with E-state index in [2.05, 4.69) is 5.32 Å². The molecule has 0 spiro atoms. The summed E-state index contributed by atoms with van der Waals surface area (Å²) < 4.78 is 0. The molecular formula is C13H24N4O2. The maximum absolute atomic E-state index is 12.1. The van der Waals surface area contributed by atoms with E-state index in [9.17, 15) is 9.59 Å². The number of hydrogen-bond acceptors (Lipinski definition) is 3. The second-order valence-electron chi connectivity index (χ2n) is 5.75. The van der Waals surface area contributed by atoms with Crippen LogP contribution in [0, 0.1) is 5.92 Å². The van der Waals surface area contributed by atoms with Crippen LogP contribution in [0.4, 0.5) is 4.79 Å². The van der Waals surface area contributed by atoms with E-state index in [-0.39, 0.29) is 23.9 Å². The second-order valence-corrected chi connectivity index (χ2v) is 5.75. The first kappa shape index (κ1) is 14.1. The van der Waals surface area contributed by atoms with Gasteiger partial charge < -0.3 is 20.9 Å². The smallest absolute Gasteiger partial charge is 0.317 e. The summed E-state index contributed by atoms with van der Waals surface area (Å²) in [6.07, 6.45) is 1.70. The lowest BCUT2D eigenvalue weighted by molar-refractivity contribution is -0.134. The predicted octanol–water partition coefficient (Wildman–Crippen LogP) is -0.0141. The molecule has 108 valence electrons. The Balaban J connectivity index is 1.85. The van der Waals surface area contributed by atoms with Gasteiger partial charge in [-0.3, -0.25) is 4.79 Å². The fraction of sp³-hybridized carbons (Fsp3) is 0.846. The lowest BCUT2D eigenvalue weighted by Crippen LogP contribution is -2.52. The topological polar surface area (TPSA) is 78.7 Å². The Morgan fingerprint density at radius 1 is 1.32 bits per heavy atom. The minimum atomic E-state index is -0.411. The number of hydrogen-bond donors (Lipinski definition) is 2. The summed E-state index contributed by atoms with van der Waals surface area (Å²) in [5, 5.41) is 2.82. The van der Waals surface area contributed by atoms with E-state index in [1.165, 1.54) is 0 Å². The zero-order chi connectivity index (χ0) is 14.0. The maximum Gasteiger partial charge on any atom is 0.317 e. The summed E-state index contributed by atoms with van der Waals surface area (Å²) in [6, 6.07) is -0.114. The number of nitrogens with zero attached hydrogens (tertiary/aromatic N) is 2. The van der Waals surface area contributed by atoms with E-state index >= 15 is 0 Å². The summed E-state index contributed by atoms with van der Waals surface area (Å²) in [4.78, 5) is 27.5. The van der Waals surface area contributed by atoms with E-state index in [1.54, 1.807) is 0 Å². The fourth-order valence-corrected chi connectivity index (χ4v) is 2.73. The van der Waals surface area contributed by atoms with E-state index in [1.807, 2.05) is 23.6 Å². The molecule has 19 heavy (non-hydrogen) atoms. The van der Waals surface area contributed by atoms with Crippen LogP contribution in [0.5, 0.6) is 0 Å². The predicted molar refractivity (Wildman–Crippen MR) is 72.5 cm³/mol. The van der Waals surface area contributed by atoms with Gasteiger partial charge in [0.2, 0.25) is 5.91 Å². The van der Waals surface area contributed by atoms with E-state index in [0.29, 0.717) is 13.1 Å². The summed E-state index contributed by atoms with van der Waals surface area (Å²) in [6.45, 7) is 6.84. The van der Waals surface area contributed by atoms with Gasteiger partial charge in [-0.2, -0.15) is 0 Å². The van der Waals surface area contributed by atoms with Crippen molar-refractivity contribution >= 4 is 11.9 Å². The van der Waals surface area contributed by atoms with Crippen LogP contribution in [0.15, 0.2) is 0 Å².